The lowest BCUT2D eigenvalue weighted by molar-refractivity contribution is 0.340. The van der Waals surface area contributed by atoms with E-state index in [9.17, 15) is 0 Å². The van der Waals surface area contributed by atoms with Crippen molar-refractivity contribution in [3.8, 4) is 34.6 Å². The molecular formula is C22H24N4O2S. The van der Waals surface area contributed by atoms with Crippen molar-refractivity contribution in [2.24, 2.45) is 0 Å². The van der Waals surface area contributed by atoms with Crippen LogP contribution in [0.5, 0.6) is 11.5 Å². The first kappa shape index (κ1) is 20.7. The van der Waals surface area contributed by atoms with E-state index in [2.05, 4.69) is 20.8 Å². The van der Waals surface area contributed by atoms with Gasteiger partial charge in [0.1, 0.15) is 11.5 Å². The number of methoxy groups -OCH3 is 1. The van der Waals surface area contributed by atoms with Crippen molar-refractivity contribution in [2.45, 2.75) is 31.3 Å². The van der Waals surface area contributed by atoms with Crippen molar-refractivity contribution >= 4 is 11.8 Å². The topological polar surface area (TPSA) is 73.0 Å². The number of benzene rings is 2. The third-order valence-corrected chi connectivity index (χ3v) is 5.30. The van der Waals surface area contributed by atoms with Crippen molar-refractivity contribution < 1.29 is 9.47 Å². The lowest BCUT2D eigenvalue weighted by atomic mass is 10.2. The molecule has 1 aromatic heterocycles. The van der Waals surface area contributed by atoms with Crippen LogP contribution in [0.3, 0.4) is 0 Å². The minimum absolute atomic E-state index is 0.585. The van der Waals surface area contributed by atoms with E-state index >= 15 is 0 Å². The summed E-state index contributed by atoms with van der Waals surface area (Å²) in [7, 11) is 1.65. The molecule has 0 spiro atoms. The second-order valence-corrected chi connectivity index (χ2v) is 7.33. The van der Waals surface area contributed by atoms with Crippen LogP contribution < -0.4 is 9.47 Å². The van der Waals surface area contributed by atoms with Crippen LogP contribution in [0.25, 0.3) is 17.1 Å². The number of hydrogen-bond donors (Lipinski definition) is 0. The molecule has 0 fully saturated rings. The van der Waals surface area contributed by atoms with Gasteiger partial charge in [0, 0.05) is 23.4 Å². The van der Waals surface area contributed by atoms with E-state index in [1.54, 1.807) is 18.9 Å². The number of hydrogen-bond acceptors (Lipinski definition) is 6. The summed E-state index contributed by atoms with van der Waals surface area (Å²) >= 11 is 1.65. The van der Waals surface area contributed by atoms with Gasteiger partial charge in [0.05, 0.1) is 19.8 Å². The maximum absolute atomic E-state index is 8.70. The van der Waals surface area contributed by atoms with Gasteiger partial charge in [-0.25, -0.2) is 0 Å². The molecule has 0 aliphatic rings. The fraction of sp³-hybridized carbons (Fsp3) is 0.318. The molecule has 7 heteroatoms. The van der Waals surface area contributed by atoms with Crippen LogP contribution in [0.2, 0.25) is 0 Å². The molecule has 3 aromatic rings. The highest BCUT2D eigenvalue weighted by molar-refractivity contribution is 7.99. The predicted octanol–water partition coefficient (Wildman–Crippen LogP) is 5.13. The Hall–Kier alpha value is -2.98. The highest BCUT2D eigenvalue weighted by Gasteiger charge is 2.16. The monoisotopic (exact) mass is 408 g/mol. The summed E-state index contributed by atoms with van der Waals surface area (Å²) in [6.07, 6.45) is 2.44. The number of unbranched alkanes of at least 4 members (excludes halogenated alkanes) is 2. The molecule has 0 aliphatic heterocycles. The van der Waals surface area contributed by atoms with Crippen LogP contribution in [0, 0.1) is 11.3 Å². The second-order valence-electron chi connectivity index (χ2n) is 6.26. The number of rotatable bonds is 10. The molecule has 3 rings (SSSR count). The Kier molecular flexibility index (Phi) is 7.54. The molecule has 0 radical (unpaired) electrons. The van der Waals surface area contributed by atoms with E-state index in [-0.39, 0.29) is 0 Å². The third-order valence-electron chi connectivity index (χ3n) is 4.28. The van der Waals surface area contributed by atoms with Gasteiger partial charge in [-0.1, -0.05) is 23.9 Å². The summed E-state index contributed by atoms with van der Waals surface area (Å²) in [5, 5.41) is 18.4. The first-order valence-corrected chi connectivity index (χ1v) is 10.6. The first-order chi connectivity index (χ1) is 14.3. The minimum atomic E-state index is 0.585. The van der Waals surface area contributed by atoms with Crippen molar-refractivity contribution in [1.29, 1.82) is 5.26 Å². The number of ether oxygens (including phenoxy) is 2. The highest BCUT2D eigenvalue weighted by atomic mass is 32.2. The summed E-state index contributed by atoms with van der Waals surface area (Å²) < 4.78 is 13.0. The zero-order valence-corrected chi connectivity index (χ0v) is 17.5. The first-order valence-electron chi connectivity index (χ1n) is 9.59. The summed E-state index contributed by atoms with van der Waals surface area (Å²) in [5.74, 6) is 3.24. The Labute approximate surface area is 175 Å². The zero-order valence-electron chi connectivity index (χ0n) is 16.7. The molecular weight excluding hydrogens is 384 g/mol. The van der Waals surface area contributed by atoms with Crippen molar-refractivity contribution in [3.05, 3.63) is 48.5 Å². The van der Waals surface area contributed by atoms with E-state index in [4.69, 9.17) is 14.7 Å². The number of thioether (sulfide) groups is 1. The molecule has 0 unspecified atom stereocenters. The largest absolute Gasteiger partial charge is 0.497 e. The van der Waals surface area contributed by atoms with Crippen molar-refractivity contribution in [2.75, 3.05) is 19.5 Å². The lowest BCUT2D eigenvalue weighted by Crippen LogP contribution is -2.01. The zero-order chi connectivity index (χ0) is 20.5. The molecule has 0 saturated carbocycles. The summed E-state index contributed by atoms with van der Waals surface area (Å²) in [6.45, 7) is 2.60. The van der Waals surface area contributed by atoms with Crippen molar-refractivity contribution in [1.82, 2.24) is 14.8 Å². The summed E-state index contributed by atoms with van der Waals surface area (Å²) in [5.41, 5.74) is 1.90. The fourth-order valence-electron chi connectivity index (χ4n) is 2.87. The molecule has 2 aromatic carbocycles. The maximum atomic E-state index is 8.70. The Morgan fingerprint density at radius 1 is 1.07 bits per heavy atom. The predicted molar refractivity (Wildman–Crippen MR) is 115 cm³/mol. The Balaban J connectivity index is 1.94. The van der Waals surface area contributed by atoms with E-state index in [0.717, 1.165) is 52.3 Å². The molecule has 0 atom stereocenters. The Morgan fingerprint density at radius 3 is 2.62 bits per heavy atom. The quantitative estimate of drug-likeness (QED) is 0.342. The van der Waals surface area contributed by atoms with Crippen LogP contribution in [0.1, 0.15) is 26.2 Å². The molecule has 6 nitrogen and oxygen atoms in total. The van der Waals surface area contributed by atoms with Gasteiger partial charge in [-0.05, 0) is 56.2 Å². The average Bonchev–Trinajstić information content (AvgIpc) is 3.18. The Bertz CT molecular complexity index is 964. The van der Waals surface area contributed by atoms with E-state index < -0.39 is 0 Å². The van der Waals surface area contributed by atoms with Gasteiger partial charge >= 0.3 is 0 Å². The molecule has 0 aliphatic carbocycles. The normalized spacial score (nSPS) is 10.5. The fourth-order valence-corrected chi connectivity index (χ4v) is 3.82. The average molecular weight is 409 g/mol. The molecule has 0 N–H and O–H groups in total. The molecule has 29 heavy (non-hydrogen) atoms. The van der Waals surface area contributed by atoms with Gasteiger partial charge in [0.2, 0.25) is 0 Å². The third kappa shape index (κ3) is 5.30. The molecule has 1 heterocycles. The number of nitriles is 1. The minimum Gasteiger partial charge on any atom is -0.497 e. The number of aromatic nitrogens is 3. The smallest absolute Gasteiger partial charge is 0.196 e. The standard InChI is InChI=1S/C22H24N4O2S/c1-3-28-19-12-10-18(11-13-19)26-21(17-8-7-9-20(16-17)27-2)24-25-22(26)29-15-6-4-5-14-23/h7-13,16H,3-6,15H2,1-2H3. The van der Waals surface area contributed by atoms with E-state index in [1.807, 2.05) is 55.5 Å². The molecule has 0 bridgehead atoms. The van der Waals surface area contributed by atoms with Gasteiger partial charge in [-0.3, -0.25) is 4.57 Å². The second kappa shape index (κ2) is 10.5. The Morgan fingerprint density at radius 2 is 1.90 bits per heavy atom. The molecule has 150 valence electrons. The van der Waals surface area contributed by atoms with Crippen LogP contribution in [0.15, 0.2) is 53.7 Å². The lowest BCUT2D eigenvalue weighted by Gasteiger charge is -2.12. The highest BCUT2D eigenvalue weighted by Crippen LogP contribution is 2.30. The van der Waals surface area contributed by atoms with Crippen LogP contribution in [-0.2, 0) is 0 Å². The SMILES string of the molecule is CCOc1ccc(-n2c(SCCCCC#N)nnc2-c2cccc(OC)c2)cc1. The van der Waals surface area contributed by atoms with Gasteiger partial charge in [-0.2, -0.15) is 5.26 Å². The molecule has 0 saturated heterocycles. The van der Waals surface area contributed by atoms with Gasteiger partial charge in [0.15, 0.2) is 11.0 Å². The van der Waals surface area contributed by atoms with Crippen LogP contribution in [0.4, 0.5) is 0 Å². The molecule has 0 amide bonds. The van der Waals surface area contributed by atoms with E-state index in [1.165, 1.54) is 0 Å². The maximum Gasteiger partial charge on any atom is 0.196 e. The van der Waals surface area contributed by atoms with Gasteiger partial charge in [0.25, 0.3) is 0 Å². The van der Waals surface area contributed by atoms with Gasteiger partial charge < -0.3 is 9.47 Å². The van der Waals surface area contributed by atoms with Crippen LogP contribution >= 0.6 is 11.8 Å². The number of nitrogens with zero attached hydrogens (tertiary/aromatic N) is 4. The summed E-state index contributed by atoms with van der Waals surface area (Å²) in [4.78, 5) is 0. The van der Waals surface area contributed by atoms with Crippen LogP contribution in [-0.4, -0.2) is 34.2 Å². The summed E-state index contributed by atoms with van der Waals surface area (Å²) in [6, 6.07) is 17.9. The van der Waals surface area contributed by atoms with E-state index in [0.29, 0.717) is 13.0 Å². The van der Waals surface area contributed by atoms with Crippen molar-refractivity contribution in [3.63, 3.8) is 0 Å². The van der Waals surface area contributed by atoms with Gasteiger partial charge in [-0.15, -0.1) is 10.2 Å².